The number of fused-ring (bicyclic) bond motifs is 1. The summed E-state index contributed by atoms with van der Waals surface area (Å²) in [4.78, 5) is 0. The molecule has 3 nitrogen and oxygen atoms in total. The minimum atomic E-state index is -3.41. The molecule has 6 rings (SSSR count). The zero-order valence-electron chi connectivity index (χ0n) is 24.4. The van der Waals surface area contributed by atoms with Crippen LogP contribution in [-0.4, -0.2) is 0 Å². The van der Waals surface area contributed by atoms with Crippen LogP contribution in [0, 0.1) is 0 Å². The van der Waals surface area contributed by atoms with Crippen LogP contribution in [-0.2, 0) is 17.8 Å². The molecule has 0 aliphatic carbocycles. The Morgan fingerprint density at radius 2 is 1.00 bits per heavy atom. The summed E-state index contributed by atoms with van der Waals surface area (Å²) in [5.41, 5.74) is 4.12. The van der Waals surface area contributed by atoms with Crippen LogP contribution in [0.5, 0.6) is 11.5 Å². The van der Waals surface area contributed by atoms with E-state index in [9.17, 15) is 0 Å². The van der Waals surface area contributed by atoms with E-state index in [1.54, 1.807) is 0 Å². The first kappa shape index (κ1) is 29.0. The predicted molar refractivity (Wildman–Crippen MR) is 185 cm³/mol. The second-order valence-corrected chi connectivity index (χ2v) is 13.3. The largest absolute Gasteiger partial charge is 0.488 e. The second kappa shape index (κ2) is 13.0. The quantitative estimate of drug-likeness (QED) is 0.141. The normalized spacial score (nSPS) is 11.2. The van der Waals surface area contributed by atoms with Crippen molar-refractivity contribution in [2.45, 2.75) is 13.2 Å². The second-order valence-electron chi connectivity index (χ2n) is 10.5. The Hall–Kier alpha value is -5.11. The van der Waals surface area contributed by atoms with Crippen molar-refractivity contribution in [3.05, 3.63) is 175 Å². The van der Waals surface area contributed by atoms with Crippen molar-refractivity contribution in [2.75, 3.05) is 0 Å². The van der Waals surface area contributed by atoms with Crippen molar-refractivity contribution in [3.8, 4) is 11.5 Å². The molecule has 0 bridgehead atoms. The Kier molecular flexibility index (Phi) is 8.59. The predicted octanol–water partition coefficient (Wildman–Crippen LogP) is 8.92. The molecule has 0 fully saturated rings. The number of hydrogen-bond acceptors (Lipinski definition) is 3. The maximum atomic E-state index is 15.7. The minimum Gasteiger partial charge on any atom is -0.488 e. The lowest BCUT2D eigenvalue weighted by molar-refractivity contribution is 0.305. The van der Waals surface area contributed by atoms with Crippen LogP contribution in [0.15, 0.2) is 153 Å². The summed E-state index contributed by atoms with van der Waals surface area (Å²) < 4.78 is 28.9. The van der Waals surface area contributed by atoms with Crippen LogP contribution in [0.1, 0.15) is 22.3 Å². The summed E-state index contributed by atoms with van der Waals surface area (Å²) in [7, 11) is -3.41. The molecule has 216 valence electrons. The van der Waals surface area contributed by atoms with Crippen LogP contribution in [0.25, 0.3) is 22.9 Å². The highest BCUT2D eigenvalue weighted by atomic mass is 31.2. The molecule has 0 saturated heterocycles. The fourth-order valence-corrected chi connectivity index (χ4v) is 8.13. The van der Waals surface area contributed by atoms with Crippen molar-refractivity contribution in [1.29, 1.82) is 0 Å². The standard InChI is InChI=1S/C40H33O3P/c1-3-30-19-23-32(24-20-30)28-42-38-27-39(44(41,34-13-7-5-8-14-34)35-15-9-6-10-16-35)40(37-18-12-11-17-36(37)38)43-29-33-25-21-31(4-2)22-26-33/h3-27H,1-2,28-29H2. The van der Waals surface area contributed by atoms with E-state index in [1.807, 2.05) is 152 Å². The van der Waals surface area contributed by atoms with Gasteiger partial charge in [0.15, 0.2) is 7.14 Å². The summed E-state index contributed by atoms with van der Waals surface area (Å²) in [6.07, 6.45) is 3.64. The van der Waals surface area contributed by atoms with E-state index in [1.165, 1.54) is 0 Å². The van der Waals surface area contributed by atoms with Gasteiger partial charge in [0.2, 0.25) is 0 Å². The lowest BCUT2D eigenvalue weighted by Crippen LogP contribution is -2.26. The summed E-state index contributed by atoms with van der Waals surface area (Å²) >= 11 is 0. The van der Waals surface area contributed by atoms with Gasteiger partial charge in [-0.15, -0.1) is 0 Å². The van der Waals surface area contributed by atoms with Crippen molar-refractivity contribution in [2.24, 2.45) is 0 Å². The van der Waals surface area contributed by atoms with Crippen LogP contribution in [0.3, 0.4) is 0 Å². The first-order valence-corrected chi connectivity index (χ1v) is 16.3. The number of hydrogen-bond donors (Lipinski definition) is 0. The van der Waals surface area contributed by atoms with Crippen LogP contribution in [0.4, 0.5) is 0 Å². The van der Waals surface area contributed by atoms with Crippen LogP contribution >= 0.6 is 7.14 Å². The van der Waals surface area contributed by atoms with Gasteiger partial charge in [-0.3, -0.25) is 0 Å². The number of rotatable bonds is 11. The Labute approximate surface area is 259 Å². The minimum absolute atomic E-state index is 0.313. The SMILES string of the molecule is C=Cc1ccc(COc2cc(P(=O)(c3ccccc3)c3ccccc3)c(OCc3ccc(C=C)cc3)c3ccccc23)cc1. The number of benzene rings is 6. The molecule has 0 atom stereocenters. The molecular weight excluding hydrogens is 559 g/mol. The van der Waals surface area contributed by atoms with Crippen LogP contribution < -0.4 is 25.4 Å². The topological polar surface area (TPSA) is 35.5 Å². The smallest absolute Gasteiger partial charge is 0.174 e. The molecule has 0 N–H and O–H groups in total. The molecular formula is C40H33O3P. The molecule has 0 radical (unpaired) electrons. The molecule has 0 aliphatic heterocycles. The maximum Gasteiger partial charge on any atom is 0.174 e. The van der Waals surface area contributed by atoms with Gasteiger partial charge < -0.3 is 14.0 Å². The Morgan fingerprint density at radius 3 is 1.50 bits per heavy atom. The first-order chi connectivity index (χ1) is 21.6. The third-order valence-electron chi connectivity index (χ3n) is 7.72. The van der Waals surface area contributed by atoms with Gasteiger partial charge in [-0.1, -0.05) is 159 Å². The van der Waals surface area contributed by atoms with E-state index in [-0.39, 0.29) is 0 Å². The van der Waals surface area contributed by atoms with Gasteiger partial charge in [-0.2, -0.15) is 0 Å². The van der Waals surface area contributed by atoms with Crippen LogP contribution in [0.2, 0.25) is 0 Å². The van der Waals surface area contributed by atoms with Gasteiger partial charge in [0, 0.05) is 21.4 Å². The lowest BCUT2D eigenvalue weighted by Gasteiger charge is -2.25. The van der Waals surface area contributed by atoms with Gasteiger partial charge in [0.05, 0.1) is 5.30 Å². The van der Waals surface area contributed by atoms with Gasteiger partial charge in [-0.05, 0) is 28.3 Å². The van der Waals surface area contributed by atoms with Crippen molar-refractivity contribution < 1.29 is 14.0 Å². The summed E-state index contributed by atoms with van der Waals surface area (Å²) in [5.74, 6) is 1.24. The fraction of sp³-hybridized carbons (Fsp3) is 0.0500. The molecule has 0 heterocycles. The molecule has 0 aromatic heterocycles. The lowest BCUT2D eigenvalue weighted by atomic mass is 10.1. The molecule has 0 spiro atoms. The molecule has 0 saturated carbocycles. The molecule has 0 aliphatic rings. The fourth-order valence-electron chi connectivity index (χ4n) is 5.33. The van der Waals surface area contributed by atoms with E-state index in [2.05, 4.69) is 13.2 Å². The Morgan fingerprint density at radius 1 is 0.545 bits per heavy atom. The van der Waals surface area contributed by atoms with E-state index in [4.69, 9.17) is 9.47 Å². The van der Waals surface area contributed by atoms with E-state index < -0.39 is 7.14 Å². The van der Waals surface area contributed by atoms with Crippen molar-refractivity contribution in [3.63, 3.8) is 0 Å². The highest BCUT2D eigenvalue weighted by Crippen LogP contribution is 2.49. The monoisotopic (exact) mass is 592 g/mol. The molecule has 6 aromatic carbocycles. The van der Waals surface area contributed by atoms with Gasteiger partial charge in [0.25, 0.3) is 0 Å². The Balaban J connectivity index is 1.53. The van der Waals surface area contributed by atoms with Crippen molar-refractivity contribution in [1.82, 2.24) is 0 Å². The zero-order chi connectivity index (χ0) is 30.4. The Bertz CT molecular complexity index is 1900. The molecule has 44 heavy (non-hydrogen) atoms. The van der Waals surface area contributed by atoms with Gasteiger partial charge in [0.1, 0.15) is 24.7 Å². The highest BCUT2D eigenvalue weighted by molar-refractivity contribution is 7.85. The third kappa shape index (κ3) is 5.88. The molecule has 4 heteroatoms. The third-order valence-corrected chi connectivity index (χ3v) is 10.8. The average molecular weight is 593 g/mol. The average Bonchev–Trinajstić information content (AvgIpc) is 3.10. The summed E-state index contributed by atoms with van der Waals surface area (Å²) in [5, 5.41) is 3.80. The first-order valence-electron chi connectivity index (χ1n) is 14.6. The molecule has 0 unspecified atom stereocenters. The highest BCUT2D eigenvalue weighted by Gasteiger charge is 2.35. The van der Waals surface area contributed by atoms with E-state index in [0.29, 0.717) is 30.0 Å². The van der Waals surface area contributed by atoms with E-state index in [0.717, 1.165) is 43.6 Å². The van der Waals surface area contributed by atoms with Crippen molar-refractivity contribution >= 4 is 46.0 Å². The molecule has 0 amide bonds. The maximum absolute atomic E-state index is 15.7. The number of ether oxygens (including phenoxy) is 2. The van der Waals surface area contributed by atoms with Gasteiger partial charge >= 0.3 is 0 Å². The summed E-state index contributed by atoms with van der Waals surface area (Å²) in [6, 6.07) is 45.5. The molecule has 6 aromatic rings. The van der Waals surface area contributed by atoms with E-state index >= 15 is 4.57 Å². The zero-order valence-corrected chi connectivity index (χ0v) is 25.3. The van der Waals surface area contributed by atoms with Gasteiger partial charge in [-0.25, -0.2) is 0 Å². The summed E-state index contributed by atoms with van der Waals surface area (Å²) in [6.45, 7) is 8.38.